The first kappa shape index (κ1) is 19.4. The zero-order chi connectivity index (χ0) is 19.4. The average molecular weight is 371 g/mol. The van der Waals surface area contributed by atoms with E-state index in [1.165, 1.54) is 0 Å². The maximum Gasteiger partial charge on any atom is 0.251 e. The number of hydrogen-bond donors (Lipinski definition) is 2. The first-order valence-electron chi connectivity index (χ1n) is 9.90. The van der Waals surface area contributed by atoms with Crippen LogP contribution in [0.1, 0.15) is 49.9 Å². The zero-order valence-electron chi connectivity index (χ0n) is 16.1. The van der Waals surface area contributed by atoms with Crippen LogP contribution in [-0.2, 0) is 9.59 Å². The van der Waals surface area contributed by atoms with E-state index < -0.39 is 6.04 Å². The Morgan fingerprint density at radius 3 is 2.19 bits per heavy atom. The molecule has 27 heavy (non-hydrogen) atoms. The molecule has 146 valence electrons. The van der Waals surface area contributed by atoms with Crippen LogP contribution >= 0.6 is 0 Å². The van der Waals surface area contributed by atoms with E-state index in [-0.39, 0.29) is 35.6 Å². The predicted octanol–water partition coefficient (Wildman–Crippen LogP) is 1.96. The topological polar surface area (TPSA) is 78.5 Å². The summed E-state index contributed by atoms with van der Waals surface area (Å²) in [6.45, 7) is 5.08. The average Bonchev–Trinajstić information content (AvgIpc) is 3.50. The van der Waals surface area contributed by atoms with Gasteiger partial charge in [-0.2, -0.15) is 0 Å². The number of carbonyl (C=O) groups is 3. The normalized spacial score (nSPS) is 18.9. The highest BCUT2D eigenvalue weighted by atomic mass is 16.2. The molecule has 1 saturated carbocycles. The molecule has 1 aromatic carbocycles. The summed E-state index contributed by atoms with van der Waals surface area (Å²) in [5, 5.41) is 5.97. The molecule has 0 spiro atoms. The summed E-state index contributed by atoms with van der Waals surface area (Å²) in [7, 11) is 0. The lowest BCUT2D eigenvalue weighted by atomic mass is 9.88. The van der Waals surface area contributed by atoms with Gasteiger partial charge in [-0.3, -0.25) is 14.4 Å². The maximum atomic E-state index is 12.8. The molecule has 1 aliphatic heterocycles. The zero-order valence-corrected chi connectivity index (χ0v) is 16.1. The van der Waals surface area contributed by atoms with Crippen LogP contribution in [-0.4, -0.2) is 47.8 Å². The van der Waals surface area contributed by atoms with Crippen molar-refractivity contribution in [3.63, 3.8) is 0 Å². The molecule has 3 amide bonds. The number of rotatable bonds is 6. The van der Waals surface area contributed by atoms with E-state index in [9.17, 15) is 14.4 Å². The van der Waals surface area contributed by atoms with Crippen LogP contribution in [0.25, 0.3) is 0 Å². The summed E-state index contributed by atoms with van der Waals surface area (Å²) >= 11 is 0. The summed E-state index contributed by atoms with van der Waals surface area (Å²) < 4.78 is 0. The highest BCUT2D eigenvalue weighted by Crippen LogP contribution is 2.24. The first-order chi connectivity index (χ1) is 13.0. The van der Waals surface area contributed by atoms with E-state index in [1.807, 2.05) is 36.9 Å². The molecular formula is C21H29N3O3. The second-order valence-electron chi connectivity index (χ2n) is 7.92. The quantitative estimate of drug-likeness (QED) is 0.802. The van der Waals surface area contributed by atoms with E-state index in [0.29, 0.717) is 18.7 Å². The van der Waals surface area contributed by atoms with E-state index in [4.69, 9.17) is 0 Å². The van der Waals surface area contributed by atoms with Crippen molar-refractivity contribution < 1.29 is 14.4 Å². The fourth-order valence-electron chi connectivity index (χ4n) is 3.55. The molecule has 1 atom stereocenters. The van der Waals surface area contributed by atoms with Gasteiger partial charge in [0.25, 0.3) is 5.91 Å². The fraction of sp³-hybridized carbons (Fsp3) is 0.571. The Bertz CT molecular complexity index is 677. The lowest BCUT2D eigenvalue weighted by Gasteiger charge is -2.36. The van der Waals surface area contributed by atoms with Crippen LogP contribution in [0.2, 0.25) is 0 Å². The monoisotopic (exact) mass is 371 g/mol. The number of hydrogen-bond acceptors (Lipinski definition) is 3. The molecule has 0 aromatic heterocycles. The van der Waals surface area contributed by atoms with E-state index in [0.717, 1.165) is 25.7 Å². The summed E-state index contributed by atoms with van der Waals surface area (Å²) in [4.78, 5) is 39.5. The third kappa shape index (κ3) is 5.08. The SMILES string of the molecule is CC(C)C(=O)N1CCC(C(NC(=O)c2ccccc2)C(=O)NC2CC2)CC1. The molecule has 3 rings (SSSR count). The van der Waals surface area contributed by atoms with Gasteiger partial charge in [-0.25, -0.2) is 0 Å². The largest absolute Gasteiger partial charge is 0.352 e. The fourth-order valence-corrected chi connectivity index (χ4v) is 3.55. The molecule has 1 saturated heterocycles. The van der Waals surface area contributed by atoms with Gasteiger partial charge in [0, 0.05) is 30.6 Å². The predicted molar refractivity (Wildman–Crippen MR) is 103 cm³/mol. The lowest BCUT2D eigenvalue weighted by Crippen LogP contribution is -2.54. The second-order valence-corrected chi connectivity index (χ2v) is 7.92. The van der Waals surface area contributed by atoms with Gasteiger partial charge in [0.05, 0.1) is 0 Å². The van der Waals surface area contributed by atoms with Crippen LogP contribution < -0.4 is 10.6 Å². The van der Waals surface area contributed by atoms with Crippen molar-refractivity contribution in [3.8, 4) is 0 Å². The highest BCUT2D eigenvalue weighted by molar-refractivity contribution is 5.97. The molecule has 1 heterocycles. The molecule has 0 bridgehead atoms. The molecule has 1 aliphatic carbocycles. The molecule has 0 radical (unpaired) electrons. The summed E-state index contributed by atoms with van der Waals surface area (Å²) in [5.74, 6) is -0.163. The van der Waals surface area contributed by atoms with Gasteiger partial charge >= 0.3 is 0 Å². The summed E-state index contributed by atoms with van der Waals surface area (Å²) in [6.07, 6.45) is 3.45. The Hall–Kier alpha value is -2.37. The molecule has 2 aliphatic rings. The van der Waals surface area contributed by atoms with Gasteiger partial charge in [-0.05, 0) is 43.7 Å². The number of likely N-dealkylation sites (tertiary alicyclic amines) is 1. The van der Waals surface area contributed by atoms with E-state index in [2.05, 4.69) is 10.6 Å². The van der Waals surface area contributed by atoms with Crippen molar-refractivity contribution in [2.24, 2.45) is 11.8 Å². The van der Waals surface area contributed by atoms with Gasteiger partial charge in [-0.1, -0.05) is 32.0 Å². The third-order valence-corrected chi connectivity index (χ3v) is 5.35. The van der Waals surface area contributed by atoms with Gasteiger partial charge in [0.1, 0.15) is 6.04 Å². The Morgan fingerprint density at radius 1 is 1.00 bits per heavy atom. The van der Waals surface area contributed by atoms with Crippen molar-refractivity contribution in [1.82, 2.24) is 15.5 Å². The standard InChI is InChI=1S/C21H29N3O3/c1-14(2)21(27)24-12-10-15(11-13-24)18(20(26)22-17-8-9-17)23-19(25)16-6-4-3-5-7-16/h3-7,14-15,17-18H,8-13H2,1-2H3,(H,22,26)(H,23,25). The third-order valence-electron chi connectivity index (χ3n) is 5.35. The molecule has 1 unspecified atom stereocenters. The van der Waals surface area contributed by atoms with Crippen LogP contribution in [0.5, 0.6) is 0 Å². The van der Waals surface area contributed by atoms with Crippen molar-refractivity contribution in [2.45, 2.75) is 51.6 Å². The van der Waals surface area contributed by atoms with Crippen molar-refractivity contribution in [3.05, 3.63) is 35.9 Å². The van der Waals surface area contributed by atoms with Gasteiger partial charge in [0.2, 0.25) is 11.8 Å². The minimum Gasteiger partial charge on any atom is -0.352 e. The Morgan fingerprint density at radius 2 is 1.63 bits per heavy atom. The highest BCUT2D eigenvalue weighted by Gasteiger charge is 2.36. The maximum absolute atomic E-state index is 12.8. The van der Waals surface area contributed by atoms with Crippen LogP contribution in [0, 0.1) is 11.8 Å². The Balaban J connectivity index is 1.66. The number of carbonyl (C=O) groups excluding carboxylic acids is 3. The Labute approximate surface area is 160 Å². The van der Waals surface area contributed by atoms with E-state index >= 15 is 0 Å². The van der Waals surface area contributed by atoms with Gasteiger partial charge in [0.15, 0.2) is 0 Å². The van der Waals surface area contributed by atoms with Crippen LogP contribution in [0.3, 0.4) is 0 Å². The second kappa shape index (κ2) is 8.55. The van der Waals surface area contributed by atoms with Crippen molar-refractivity contribution in [1.29, 1.82) is 0 Å². The van der Waals surface area contributed by atoms with Crippen LogP contribution in [0.15, 0.2) is 30.3 Å². The summed E-state index contributed by atoms with van der Waals surface area (Å²) in [6, 6.07) is 8.65. The van der Waals surface area contributed by atoms with Gasteiger partial charge in [-0.15, -0.1) is 0 Å². The summed E-state index contributed by atoms with van der Waals surface area (Å²) in [5.41, 5.74) is 0.550. The minimum absolute atomic E-state index is 0.0201. The minimum atomic E-state index is -0.561. The van der Waals surface area contributed by atoms with E-state index in [1.54, 1.807) is 12.1 Å². The number of piperidine rings is 1. The molecule has 6 nitrogen and oxygen atoms in total. The molecule has 6 heteroatoms. The molecule has 2 N–H and O–H groups in total. The number of nitrogens with zero attached hydrogens (tertiary/aromatic N) is 1. The van der Waals surface area contributed by atoms with Crippen molar-refractivity contribution >= 4 is 17.7 Å². The van der Waals surface area contributed by atoms with Gasteiger partial charge < -0.3 is 15.5 Å². The molecule has 2 fully saturated rings. The smallest absolute Gasteiger partial charge is 0.251 e. The number of nitrogens with one attached hydrogen (secondary N) is 2. The first-order valence-corrected chi connectivity index (χ1v) is 9.90. The number of amides is 3. The van der Waals surface area contributed by atoms with Crippen LogP contribution in [0.4, 0.5) is 0 Å². The van der Waals surface area contributed by atoms with Crippen molar-refractivity contribution in [2.75, 3.05) is 13.1 Å². The Kier molecular flexibility index (Phi) is 6.14. The lowest BCUT2D eigenvalue weighted by molar-refractivity contribution is -0.136. The number of benzene rings is 1. The molecule has 1 aromatic rings. The molecular weight excluding hydrogens is 342 g/mol.